The van der Waals surface area contributed by atoms with Crippen molar-refractivity contribution in [3.05, 3.63) is 0 Å². The van der Waals surface area contributed by atoms with Crippen molar-refractivity contribution in [1.29, 1.82) is 0 Å². The van der Waals surface area contributed by atoms with Gasteiger partial charge in [-0.05, 0) is 19.8 Å². The van der Waals surface area contributed by atoms with Gasteiger partial charge in [0.2, 0.25) is 0 Å². The molecule has 0 bridgehead atoms. The molecule has 0 aliphatic heterocycles. The highest BCUT2D eigenvalue weighted by Crippen LogP contribution is 2.12. The first kappa shape index (κ1) is 15.4. The molecule has 0 saturated carbocycles. The second kappa shape index (κ2) is 7.65. The Morgan fingerprint density at radius 3 is 2.25 bits per heavy atom. The average Bonchev–Trinajstić information content (AvgIpc) is 2.18. The molecule has 0 aromatic rings. The SMILES string of the molecule is CCCCCS(=O)(=O)C(CC)C(=O)OCC. The van der Waals surface area contributed by atoms with E-state index in [1.165, 1.54) is 0 Å². The molecule has 5 heteroatoms. The van der Waals surface area contributed by atoms with Gasteiger partial charge in [0.15, 0.2) is 15.1 Å². The van der Waals surface area contributed by atoms with Gasteiger partial charge in [-0.3, -0.25) is 4.79 Å². The number of carbonyl (C=O) groups is 1. The van der Waals surface area contributed by atoms with E-state index in [9.17, 15) is 13.2 Å². The molecule has 0 radical (unpaired) electrons. The van der Waals surface area contributed by atoms with Gasteiger partial charge in [-0.15, -0.1) is 0 Å². The van der Waals surface area contributed by atoms with Gasteiger partial charge in [-0.2, -0.15) is 0 Å². The maximum atomic E-state index is 11.9. The van der Waals surface area contributed by atoms with E-state index in [1.54, 1.807) is 13.8 Å². The number of sulfone groups is 1. The number of hydrogen-bond acceptors (Lipinski definition) is 4. The fraction of sp³-hybridized carbons (Fsp3) is 0.909. The van der Waals surface area contributed by atoms with Gasteiger partial charge in [0.05, 0.1) is 12.4 Å². The molecule has 0 spiro atoms. The van der Waals surface area contributed by atoms with Crippen LogP contribution in [0.25, 0.3) is 0 Å². The maximum Gasteiger partial charge on any atom is 0.324 e. The summed E-state index contributed by atoms with van der Waals surface area (Å²) in [4.78, 5) is 11.5. The van der Waals surface area contributed by atoms with Crippen molar-refractivity contribution >= 4 is 15.8 Å². The van der Waals surface area contributed by atoms with Gasteiger partial charge >= 0.3 is 5.97 Å². The lowest BCUT2D eigenvalue weighted by Crippen LogP contribution is -2.33. The normalized spacial score (nSPS) is 13.4. The van der Waals surface area contributed by atoms with Crippen molar-refractivity contribution in [2.75, 3.05) is 12.4 Å². The van der Waals surface area contributed by atoms with Crippen LogP contribution in [0.15, 0.2) is 0 Å². The summed E-state index contributed by atoms with van der Waals surface area (Å²) >= 11 is 0. The Balaban J connectivity index is 4.48. The van der Waals surface area contributed by atoms with Gasteiger partial charge < -0.3 is 4.74 Å². The molecule has 0 aromatic carbocycles. The van der Waals surface area contributed by atoms with E-state index < -0.39 is 21.1 Å². The first-order chi connectivity index (χ1) is 7.49. The summed E-state index contributed by atoms with van der Waals surface area (Å²) in [7, 11) is -3.34. The third-order valence-electron chi connectivity index (χ3n) is 2.39. The van der Waals surface area contributed by atoms with Crippen molar-refractivity contribution in [1.82, 2.24) is 0 Å². The van der Waals surface area contributed by atoms with Gasteiger partial charge in [0.1, 0.15) is 0 Å². The highest BCUT2D eigenvalue weighted by molar-refractivity contribution is 7.92. The summed E-state index contributed by atoms with van der Waals surface area (Å²) in [6, 6.07) is 0. The number of carbonyl (C=O) groups excluding carboxylic acids is 1. The molecule has 0 aromatic heterocycles. The zero-order valence-corrected chi connectivity index (χ0v) is 11.2. The van der Waals surface area contributed by atoms with Crippen LogP contribution in [0.1, 0.15) is 46.5 Å². The van der Waals surface area contributed by atoms with Crippen molar-refractivity contribution < 1.29 is 17.9 Å². The lowest BCUT2D eigenvalue weighted by atomic mass is 10.3. The number of ether oxygens (including phenoxy) is 1. The first-order valence-electron chi connectivity index (χ1n) is 5.87. The number of rotatable bonds is 8. The van der Waals surface area contributed by atoms with Gasteiger partial charge in [-0.25, -0.2) is 8.42 Å². The fourth-order valence-electron chi connectivity index (χ4n) is 1.50. The Labute approximate surface area is 98.3 Å². The van der Waals surface area contributed by atoms with E-state index in [0.717, 1.165) is 12.8 Å². The molecule has 96 valence electrons. The molecule has 16 heavy (non-hydrogen) atoms. The van der Waals surface area contributed by atoms with Crippen molar-refractivity contribution in [3.63, 3.8) is 0 Å². The van der Waals surface area contributed by atoms with Crippen LogP contribution in [0.5, 0.6) is 0 Å². The minimum Gasteiger partial charge on any atom is -0.465 e. The highest BCUT2D eigenvalue weighted by Gasteiger charge is 2.31. The molecular weight excluding hydrogens is 228 g/mol. The molecule has 0 amide bonds. The Kier molecular flexibility index (Phi) is 7.38. The van der Waals surface area contributed by atoms with Crippen LogP contribution in [-0.4, -0.2) is 32.0 Å². The maximum absolute atomic E-state index is 11.9. The minimum absolute atomic E-state index is 0.0815. The van der Waals surface area contributed by atoms with E-state index in [-0.39, 0.29) is 18.8 Å². The third kappa shape index (κ3) is 4.96. The number of esters is 1. The summed E-state index contributed by atoms with van der Waals surface area (Å²) in [5.74, 6) is -0.528. The van der Waals surface area contributed by atoms with Crippen molar-refractivity contribution in [2.24, 2.45) is 0 Å². The lowest BCUT2D eigenvalue weighted by molar-refractivity contribution is -0.142. The molecule has 0 aliphatic carbocycles. The molecule has 0 aliphatic rings. The summed E-state index contributed by atoms with van der Waals surface area (Å²) in [6.07, 6.45) is 2.74. The molecule has 1 atom stereocenters. The monoisotopic (exact) mass is 250 g/mol. The number of hydrogen-bond donors (Lipinski definition) is 0. The number of unbranched alkanes of at least 4 members (excludes halogenated alkanes) is 2. The van der Waals surface area contributed by atoms with Crippen molar-refractivity contribution in [2.45, 2.75) is 51.7 Å². The largest absolute Gasteiger partial charge is 0.465 e. The van der Waals surface area contributed by atoms with E-state index >= 15 is 0 Å². The third-order valence-corrected chi connectivity index (χ3v) is 4.64. The molecule has 0 N–H and O–H groups in total. The smallest absolute Gasteiger partial charge is 0.324 e. The van der Waals surface area contributed by atoms with E-state index in [4.69, 9.17) is 4.74 Å². The zero-order valence-electron chi connectivity index (χ0n) is 10.4. The minimum atomic E-state index is -3.34. The zero-order chi connectivity index (χ0) is 12.6. The van der Waals surface area contributed by atoms with Crippen LogP contribution in [0.2, 0.25) is 0 Å². The van der Waals surface area contributed by atoms with Gasteiger partial charge in [0, 0.05) is 0 Å². The summed E-state index contributed by atoms with van der Waals surface area (Å²) in [5, 5.41) is -0.982. The molecule has 0 saturated heterocycles. The van der Waals surface area contributed by atoms with Crippen LogP contribution in [0.4, 0.5) is 0 Å². The second-order valence-corrected chi connectivity index (χ2v) is 6.03. The fourth-order valence-corrected chi connectivity index (χ4v) is 3.26. The van der Waals surface area contributed by atoms with E-state index in [1.807, 2.05) is 6.92 Å². The summed E-state index contributed by atoms with van der Waals surface area (Å²) < 4.78 is 28.5. The van der Waals surface area contributed by atoms with Gasteiger partial charge in [0.25, 0.3) is 0 Å². The predicted octanol–water partition coefficient (Wildman–Crippen LogP) is 1.93. The Bertz CT molecular complexity index is 295. The van der Waals surface area contributed by atoms with E-state index in [2.05, 4.69) is 0 Å². The summed E-state index contributed by atoms with van der Waals surface area (Å²) in [5.41, 5.74) is 0. The lowest BCUT2D eigenvalue weighted by Gasteiger charge is -2.14. The topological polar surface area (TPSA) is 60.4 Å². The average molecular weight is 250 g/mol. The molecule has 0 fully saturated rings. The molecule has 0 rings (SSSR count). The molecule has 0 heterocycles. The predicted molar refractivity (Wildman–Crippen MR) is 64.0 cm³/mol. The van der Waals surface area contributed by atoms with Crippen LogP contribution >= 0.6 is 0 Å². The molecule has 4 nitrogen and oxygen atoms in total. The van der Waals surface area contributed by atoms with Crippen LogP contribution in [0, 0.1) is 0 Å². The van der Waals surface area contributed by atoms with Crippen LogP contribution in [0.3, 0.4) is 0 Å². The Morgan fingerprint density at radius 2 is 1.81 bits per heavy atom. The van der Waals surface area contributed by atoms with Crippen molar-refractivity contribution in [3.8, 4) is 0 Å². The van der Waals surface area contributed by atoms with Crippen LogP contribution in [-0.2, 0) is 19.4 Å². The van der Waals surface area contributed by atoms with Gasteiger partial charge in [-0.1, -0.05) is 26.7 Å². The Hall–Kier alpha value is -0.580. The van der Waals surface area contributed by atoms with Crippen LogP contribution < -0.4 is 0 Å². The standard InChI is InChI=1S/C11H22O4S/c1-4-7-8-9-16(13,14)10(5-2)11(12)15-6-3/h10H,4-9H2,1-3H3. The highest BCUT2D eigenvalue weighted by atomic mass is 32.2. The molecular formula is C11H22O4S. The quantitative estimate of drug-likeness (QED) is 0.488. The molecule has 1 unspecified atom stereocenters. The summed E-state index contributed by atoms with van der Waals surface area (Å²) in [6.45, 7) is 5.60. The van der Waals surface area contributed by atoms with E-state index in [0.29, 0.717) is 6.42 Å². The Morgan fingerprint density at radius 1 is 1.19 bits per heavy atom. The first-order valence-corrected chi connectivity index (χ1v) is 7.59. The second-order valence-electron chi connectivity index (χ2n) is 3.72.